The molecule has 9 aromatic carbocycles. The Bertz CT molecular complexity index is 3330. The van der Waals surface area contributed by atoms with E-state index in [0.29, 0.717) is 0 Å². The molecule has 2 nitrogen and oxygen atoms in total. The van der Waals surface area contributed by atoms with Crippen molar-refractivity contribution in [2.75, 3.05) is 9.71 Å². The van der Waals surface area contributed by atoms with Crippen molar-refractivity contribution in [1.82, 2.24) is 0 Å². The summed E-state index contributed by atoms with van der Waals surface area (Å²) in [4.78, 5) is 5.33. The first-order chi connectivity index (χ1) is 29.0. The second kappa shape index (κ2) is 12.1. The van der Waals surface area contributed by atoms with Crippen molar-refractivity contribution in [3.63, 3.8) is 0 Å². The summed E-state index contributed by atoms with van der Waals surface area (Å²) in [6, 6.07) is 70.5. The van der Waals surface area contributed by atoms with Gasteiger partial charge >= 0.3 is 6.85 Å². The van der Waals surface area contributed by atoms with Gasteiger partial charge < -0.3 is 9.71 Å². The van der Waals surface area contributed by atoms with Crippen molar-refractivity contribution < 1.29 is 0 Å². The highest BCUT2D eigenvalue weighted by molar-refractivity contribution is 7.26. The summed E-state index contributed by atoms with van der Waals surface area (Å²) in [5, 5.41) is 5.19. The molecule has 0 unspecified atom stereocenters. The predicted octanol–water partition coefficient (Wildman–Crippen LogP) is 13.9. The zero-order chi connectivity index (χ0) is 39.0. The lowest BCUT2D eigenvalue weighted by Crippen LogP contribution is -2.62. The van der Waals surface area contributed by atoms with Crippen LogP contribution < -0.4 is 20.6 Å². The van der Waals surface area contributed by atoms with Crippen molar-refractivity contribution in [2.45, 2.75) is 19.3 Å². The highest BCUT2D eigenvalue weighted by Crippen LogP contribution is 2.57. The molecule has 0 aliphatic carbocycles. The van der Waals surface area contributed by atoms with Crippen LogP contribution in [0.25, 0.3) is 64.3 Å². The van der Waals surface area contributed by atoms with Crippen molar-refractivity contribution in [1.29, 1.82) is 0 Å². The summed E-state index contributed by atoms with van der Waals surface area (Å²) in [6.07, 6.45) is 0. The lowest BCUT2D eigenvalue weighted by molar-refractivity contribution is 0.633. The monoisotopic (exact) mass is 768 g/mol. The second-order valence-corrected chi connectivity index (χ2v) is 17.9. The highest BCUT2D eigenvalue weighted by Gasteiger charge is 2.50. The normalized spacial score (nSPS) is 14.3. The number of thiophene rings is 1. The molecule has 0 saturated heterocycles. The van der Waals surface area contributed by atoms with Crippen LogP contribution >= 0.6 is 11.3 Å². The Kier molecular flexibility index (Phi) is 6.78. The Morgan fingerprint density at radius 1 is 0.492 bits per heavy atom. The first-order valence-electron chi connectivity index (χ1n) is 20.6. The van der Waals surface area contributed by atoms with E-state index in [1.807, 2.05) is 11.3 Å². The molecule has 4 heterocycles. The Labute approximate surface area is 348 Å². The van der Waals surface area contributed by atoms with Gasteiger partial charge in [-0.25, -0.2) is 0 Å². The van der Waals surface area contributed by atoms with Gasteiger partial charge in [-0.15, -0.1) is 11.3 Å². The minimum atomic E-state index is -0.230. The van der Waals surface area contributed by atoms with E-state index < -0.39 is 0 Å². The topological polar surface area (TPSA) is 6.48 Å². The van der Waals surface area contributed by atoms with Gasteiger partial charge in [0.15, 0.2) is 0 Å². The van der Waals surface area contributed by atoms with Gasteiger partial charge in [-0.05, 0) is 104 Å². The third-order valence-corrected chi connectivity index (χ3v) is 14.5. The number of rotatable bonds is 3. The fraction of sp³-hybridized carbons (Fsp3) is 0.0545. The van der Waals surface area contributed by atoms with Gasteiger partial charge in [0.25, 0.3) is 0 Å². The summed E-state index contributed by atoms with van der Waals surface area (Å²) in [5.41, 5.74) is 19.0. The van der Waals surface area contributed by atoms with Crippen LogP contribution in [0.2, 0.25) is 0 Å². The van der Waals surface area contributed by atoms with Crippen LogP contribution in [0.15, 0.2) is 188 Å². The summed E-state index contributed by atoms with van der Waals surface area (Å²) in [6.45, 7) is 4.77. The molecule has 0 spiro atoms. The zero-order valence-corrected chi connectivity index (χ0v) is 33.6. The number of anilines is 5. The summed E-state index contributed by atoms with van der Waals surface area (Å²) in [5.74, 6) is 0. The third kappa shape index (κ3) is 4.58. The molecule has 0 atom stereocenters. The maximum atomic E-state index is 2.68. The number of para-hydroxylation sites is 2. The molecule has 0 bridgehead atoms. The molecule has 59 heavy (non-hydrogen) atoms. The van der Waals surface area contributed by atoms with Gasteiger partial charge in [-0.1, -0.05) is 153 Å². The average molecular weight is 769 g/mol. The van der Waals surface area contributed by atoms with Gasteiger partial charge in [0.05, 0.1) is 5.69 Å². The van der Waals surface area contributed by atoms with Crippen molar-refractivity contribution in [3.05, 3.63) is 199 Å². The van der Waals surface area contributed by atoms with E-state index in [1.54, 1.807) is 0 Å². The smallest absolute Gasteiger partial charge is 0.333 e. The molecular weight excluding hydrogens is 731 g/mol. The van der Waals surface area contributed by atoms with Gasteiger partial charge in [0.1, 0.15) is 0 Å². The first kappa shape index (κ1) is 33.1. The van der Waals surface area contributed by atoms with E-state index in [4.69, 9.17) is 0 Å². The minimum Gasteiger partial charge on any atom is -0.376 e. The summed E-state index contributed by atoms with van der Waals surface area (Å²) >= 11 is 1.94. The Hall–Kier alpha value is -6.88. The lowest BCUT2D eigenvalue weighted by Gasteiger charge is -2.50. The van der Waals surface area contributed by atoms with Crippen molar-refractivity contribution in [3.8, 4) is 33.4 Å². The molecule has 0 radical (unpaired) electrons. The van der Waals surface area contributed by atoms with Gasteiger partial charge in [-0.3, -0.25) is 0 Å². The molecule has 0 N–H and O–H groups in total. The van der Waals surface area contributed by atoms with E-state index in [2.05, 4.69) is 212 Å². The van der Waals surface area contributed by atoms with Gasteiger partial charge in [0, 0.05) is 59.5 Å². The van der Waals surface area contributed by atoms with Crippen LogP contribution in [0.5, 0.6) is 0 Å². The summed E-state index contributed by atoms with van der Waals surface area (Å²) < 4.78 is 2.69. The quantitative estimate of drug-likeness (QED) is 0.165. The number of benzene rings is 9. The predicted molar refractivity (Wildman–Crippen MR) is 254 cm³/mol. The number of nitrogens with zero attached hydrogens (tertiary/aromatic N) is 2. The standard InChI is InChI=1S/C55H37BN2S/c1-55(2)44-24-15-25-46-53(44)57(48-32-37-21-10-9-20-36(37)31-45(48)55)49-33-43-41-22-12-14-27-50(41)59-54(43)51-42-23-11-13-26-47(42)58(56(46)52(49)51)40-29-38(34-16-5-3-6-17-34)28-39(30-40)35-18-7-4-8-19-35/h3-33H,1-2H3. The minimum absolute atomic E-state index is 0.0804. The maximum Gasteiger partial charge on any atom is 0.333 e. The number of fused-ring (bicyclic) bond motifs is 11. The van der Waals surface area contributed by atoms with Gasteiger partial charge in [-0.2, -0.15) is 0 Å². The van der Waals surface area contributed by atoms with E-state index in [0.717, 1.165) is 0 Å². The van der Waals surface area contributed by atoms with E-state index in [1.165, 1.54) is 115 Å². The molecule has 0 fully saturated rings. The molecule has 13 rings (SSSR count). The van der Waals surface area contributed by atoms with Crippen molar-refractivity contribution in [2.24, 2.45) is 0 Å². The Morgan fingerprint density at radius 2 is 1.15 bits per heavy atom. The zero-order valence-electron chi connectivity index (χ0n) is 32.8. The second-order valence-electron chi connectivity index (χ2n) is 16.9. The largest absolute Gasteiger partial charge is 0.376 e. The maximum absolute atomic E-state index is 2.68. The molecule has 3 aliphatic rings. The molecule has 4 heteroatoms. The van der Waals surface area contributed by atoms with Crippen molar-refractivity contribution >= 4 is 88.5 Å². The lowest BCUT2D eigenvalue weighted by atomic mass is 9.42. The fourth-order valence-electron chi connectivity index (χ4n) is 10.6. The van der Waals surface area contributed by atoms with Crippen LogP contribution in [-0.2, 0) is 5.41 Å². The average Bonchev–Trinajstić information content (AvgIpc) is 3.67. The van der Waals surface area contributed by atoms with Crippen LogP contribution in [0.4, 0.5) is 28.4 Å². The molecule has 0 amide bonds. The number of hydrogen-bond acceptors (Lipinski definition) is 3. The van der Waals surface area contributed by atoms with Crippen LogP contribution in [0, 0.1) is 0 Å². The molecular formula is C55H37BN2S. The molecule has 1 aromatic heterocycles. The van der Waals surface area contributed by atoms with Crippen LogP contribution in [0.3, 0.4) is 0 Å². The van der Waals surface area contributed by atoms with E-state index in [-0.39, 0.29) is 12.3 Å². The molecule has 276 valence electrons. The molecule has 3 aliphatic heterocycles. The fourth-order valence-corrected chi connectivity index (χ4v) is 11.9. The van der Waals surface area contributed by atoms with Gasteiger partial charge in [0.2, 0.25) is 0 Å². The van der Waals surface area contributed by atoms with E-state index in [9.17, 15) is 0 Å². The van der Waals surface area contributed by atoms with Crippen LogP contribution in [0.1, 0.15) is 25.0 Å². The van der Waals surface area contributed by atoms with E-state index >= 15 is 0 Å². The van der Waals surface area contributed by atoms with Crippen LogP contribution in [-0.4, -0.2) is 6.85 Å². The highest BCUT2D eigenvalue weighted by atomic mass is 32.1. The number of hydrogen-bond donors (Lipinski definition) is 0. The first-order valence-corrected chi connectivity index (χ1v) is 21.4. The SMILES string of the molecule is CC1(C)c2cc3ccccc3cc2N2c3cc4c(sc5ccccc54)c4c3B(c3cccc1c32)N(c1cc(-c2ccccc2)cc(-c2ccccc2)c1)c1ccccc1-4. The third-order valence-electron chi connectivity index (χ3n) is 13.3. The Balaban J connectivity index is 1.18. The summed E-state index contributed by atoms with van der Waals surface area (Å²) in [7, 11) is 0. The molecule has 10 aromatic rings. The molecule has 0 saturated carbocycles. The Morgan fingerprint density at radius 3 is 1.92 bits per heavy atom.